The van der Waals surface area contributed by atoms with E-state index in [0.29, 0.717) is 36.3 Å². The highest BCUT2D eigenvalue weighted by molar-refractivity contribution is 6.32. The van der Waals surface area contributed by atoms with Crippen LogP contribution in [0.3, 0.4) is 0 Å². The molecule has 0 aromatic heterocycles. The summed E-state index contributed by atoms with van der Waals surface area (Å²) in [5.74, 6) is 0.874. The average Bonchev–Trinajstić information content (AvgIpc) is 2.67. The van der Waals surface area contributed by atoms with Gasteiger partial charge in [-0.15, -0.1) is 0 Å². The summed E-state index contributed by atoms with van der Waals surface area (Å²) < 4.78 is 11.0. The number of halogens is 1. The van der Waals surface area contributed by atoms with E-state index in [9.17, 15) is 9.59 Å². The third kappa shape index (κ3) is 5.16. The highest BCUT2D eigenvalue weighted by Gasteiger charge is 2.17. The Hall–Kier alpha value is -2.73. The summed E-state index contributed by atoms with van der Waals surface area (Å²) in [5, 5.41) is 6.16. The van der Waals surface area contributed by atoms with Crippen molar-refractivity contribution in [1.29, 1.82) is 0 Å². The Morgan fingerprint density at radius 3 is 2.50 bits per heavy atom. The molecule has 0 saturated carbocycles. The first-order valence-electron chi connectivity index (χ1n) is 9.17. The number of hydrogen-bond acceptors (Lipinski definition) is 4. The molecule has 0 spiro atoms. The number of benzene rings is 2. The fraction of sp³-hybridized carbons (Fsp3) is 0.333. The number of anilines is 1. The zero-order valence-electron chi connectivity index (χ0n) is 15.9. The molecule has 1 aliphatic rings. The Morgan fingerprint density at radius 2 is 1.79 bits per heavy atom. The van der Waals surface area contributed by atoms with Gasteiger partial charge in [0.2, 0.25) is 11.8 Å². The summed E-state index contributed by atoms with van der Waals surface area (Å²) in [4.78, 5) is 24.0. The average molecular weight is 403 g/mol. The van der Waals surface area contributed by atoms with Gasteiger partial charge in [-0.2, -0.15) is 0 Å². The number of rotatable bonds is 6. The Kier molecular flexibility index (Phi) is 6.41. The van der Waals surface area contributed by atoms with Crippen molar-refractivity contribution < 1.29 is 19.1 Å². The van der Waals surface area contributed by atoms with Gasteiger partial charge in [0.1, 0.15) is 13.2 Å². The highest BCUT2D eigenvalue weighted by atomic mass is 35.5. The minimum absolute atomic E-state index is 0.0286. The minimum atomic E-state index is -0.120. The molecule has 2 N–H and O–H groups in total. The maximum absolute atomic E-state index is 12.3. The number of fused-ring (bicyclic) bond motifs is 1. The molecular weight excluding hydrogens is 380 g/mol. The van der Waals surface area contributed by atoms with E-state index in [0.717, 1.165) is 16.8 Å². The van der Waals surface area contributed by atoms with E-state index in [1.54, 1.807) is 12.1 Å². The third-order valence-electron chi connectivity index (χ3n) is 4.26. The molecule has 0 saturated heterocycles. The molecule has 0 bridgehead atoms. The molecule has 6 nitrogen and oxygen atoms in total. The van der Waals surface area contributed by atoms with Gasteiger partial charge in [-0.1, -0.05) is 37.6 Å². The molecular formula is C21H23ClN2O4. The van der Waals surface area contributed by atoms with Gasteiger partial charge in [0.05, 0.1) is 11.4 Å². The molecule has 0 atom stereocenters. The SMILES string of the molecule is CC(C)C(=O)Nc1ccc(CNC(=O)Cc2cc(Cl)c3c(c2)OCCO3)cc1. The van der Waals surface area contributed by atoms with Crippen LogP contribution in [-0.4, -0.2) is 25.0 Å². The van der Waals surface area contributed by atoms with E-state index in [-0.39, 0.29) is 24.2 Å². The van der Waals surface area contributed by atoms with Crippen LogP contribution in [-0.2, 0) is 22.6 Å². The number of ether oxygens (including phenoxy) is 2. The minimum Gasteiger partial charge on any atom is -0.486 e. The van der Waals surface area contributed by atoms with Gasteiger partial charge >= 0.3 is 0 Å². The normalized spacial score (nSPS) is 12.6. The molecule has 3 rings (SSSR count). The summed E-state index contributed by atoms with van der Waals surface area (Å²) >= 11 is 6.21. The van der Waals surface area contributed by atoms with E-state index in [1.165, 1.54) is 0 Å². The Balaban J connectivity index is 1.53. The summed E-state index contributed by atoms with van der Waals surface area (Å²) in [6.45, 7) is 5.01. The second-order valence-electron chi connectivity index (χ2n) is 6.90. The third-order valence-corrected chi connectivity index (χ3v) is 4.54. The summed E-state index contributed by atoms with van der Waals surface area (Å²) in [6, 6.07) is 10.9. The largest absolute Gasteiger partial charge is 0.486 e. The summed E-state index contributed by atoms with van der Waals surface area (Å²) in [7, 11) is 0. The van der Waals surface area contributed by atoms with E-state index >= 15 is 0 Å². The number of hydrogen-bond donors (Lipinski definition) is 2. The molecule has 0 fully saturated rings. The van der Waals surface area contributed by atoms with Crippen LogP contribution in [0.4, 0.5) is 5.69 Å². The van der Waals surface area contributed by atoms with Gasteiger partial charge in [0.25, 0.3) is 0 Å². The van der Waals surface area contributed by atoms with Crippen molar-refractivity contribution in [2.75, 3.05) is 18.5 Å². The first-order valence-corrected chi connectivity index (χ1v) is 9.54. The van der Waals surface area contributed by atoms with Crippen molar-refractivity contribution in [3.63, 3.8) is 0 Å². The number of carbonyl (C=O) groups excluding carboxylic acids is 2. The Labute approximate surface area is 169 Å². The van der Waals surface area contributed by atoms with Crippen LogP contribution in [0.2, 0.25) is 5.02 Å². The van der Waals surface area contributed by atoms with Crippen molar-refractivity contribution in [1.82, 2.24) is 5.32 Å². The van der Waals surface area contributed by atoms with E-state index < -0.39 is 0 Å². The first-order chi connectivity index (χ1) is 13.4. The van der Waals surface area contributed by atoms with Crippen LogP contribution in [0.5, 0.6) is 11.5 Å². The van der Waals surface area contributed by atoms with Gasteiger partial charge in [-0.25, -0.2) is 0 Å². The quantitative estimate of drug-likeness (QED) is 0.774. The van der Waals surface area contributed by atoms with Gasteiger partial charge in [-0.05, 0) is 35.4 Å². The monoisotopic (exact) mass is 402 g/mol. The van der Waals surface area contributed by atoms with Crippen LogP contribution in [0, 0.1) is 5.92 Å². The predicted octanol–water partition coefficient (Wildman–Crippen LogP) is 3.56. The second kappa shape index (κ2) is 8.97. The molecule has 1 heterocycles. The van der Waals surface area contributed by atoms with Crippen molar-refractivity contribution in [2.45, 2.75) is 26.8 Å². The lowest BCUT2D eigenvalue weighted by molar-refractivity contribution is -0.120. The smallest absolute Gasteiger partial charge is 0.226 e. The maximum Gasteiger partial charge on any atom is 0.226 e. The van der Waals surface area contributed by atoms with E-state index in [2.05, 4.69) is 10.6 Å². The number of amides is 2. The standard InChI is InChI=1S/C21H23ClN2O4/c1-13(2)21(26)24-16-5-3-14(4-6-16)12-23-19(25)11-15-9-17(22)20-18(10-15)27-7-8-28-20/h3-6,9-10,13H,7-8,11-12H2,1-2H3,(H,23,25)(H,24,26). The molecule has 1 aliphatic heterocycles. The van der Waals surface area contributed by atoms with E-state index in [1.807, 2.05) is 38.1 Å². The zero-order chi connectivity index (χ0) is 20.1. The lowest BCUT2D eigenvalue weighted by Gasteiger charge is -2.20. The van der Waals surface area contributed by atoms with Gasteiger partial charge in [-0.3, -0.25) is 9.59 Å². The molecule has 2 aromatic carbocycles. The van der Waals surface area contributed by atoms with Crippen LogP contribution in [0.1, 0.15) is 25.0 Å². The summed E-state index contributed by atoms with van der Waals surface area (Å²) in [5.41, 5.74) is 2.44. The van der Waals surface area contributed by atoms with Crippen LogP contribution < -0.4 is 20.1 Å². The van der Waals surface area contributed by atoms with Gasteiger partial charge in [0, 0.05) is 18.2 Å². The lowest BCUT2D eigenvalue weighted by atomic mass is 10.1. The van der Waals surface area contributed by atoms with Gasteiger partial charge in [0.15, 0.2) is 11.5 Å². The highest BCUT2D eigenvalue weighted by Crippen LogP contribution is 2.38. The predicted molar refractivity (Wildman–Crippen MR) is 108 cm³/mol. The molecule has 7 heteroatoms. The van der Waals surface area contributed by atoms with Crippen LogP contribution in [0.15, 0.2) is 36.4 Å². The van der Waals surface area contributed by atoms with Gasteiger partial charge < -0.3 is 20.1 Å². The molecule has 0 unspecified atom stereocenters. The van der Waals surface area contributed by atoms with Crippen LogP contribution in [0.25, 0.3) is 0 Å². The first kappa shape index (κ1) is 20.0. The molecule has 2 aromatic rings. The van der Waals surface area contributed by atoms with Crippen LogP contribution >= 0.6 is 11.6 Å². The lowest BCUT2D eigenvalue weighted by Crippen LogP contribution is -2.24. The molecule has 28 heavy (non-hydrogen) atoms. The fourth-order valence-electron chi connectivity index (χ4n) is 2.71. The Morgan fingerprint density at radius 1 is 1.07 bits per heavy atom. The summed E-state index contributed by atoms with van der Waals surface area (Å²) in [6.07, 6.45) is 0.193. The van der Waals surface area contributed by atoms with Crippen molar-refractivity contribution in [2.24, 2.45) is 5.92 Å². The number of carbonyl (C=O) groups is 2. The van der Waals surface area contributed by atoms with Crippen molar-refractivity contribution >= 4 is 29.1 Å². The molecule has 148 valence electrons. The molecule has 0 aliphatic carbocycles. The fourth-order valence-corrected chi connectivity index (χ4v) is 3.00. The van der Waals surface area contributed by atoms with E-state index in [4.69, 9.17) is 21.1 Å². The Bertz CT molecular complexity index is 865. The van der Waals surface area contributed by atoms with Crippen molar-refractivity contribution in [3.8, 4) is 11.5 Å². The zero-order valence-corrected chi connectivity index (χ0v) is 16.6. The molecule has 2 amide bonds. The topological polar surface area (TPSA) is 76.7 Å². The maximum atomic E-state index is 12.3. The van der Waals surface area contributed by atoms with Crippen molar-refractivity contribution in [3.05, 3.63) is 52.5 Å². The number of nitrogens with one attached hydrogen (secondary N) is 2. The second-order valence-corrected chi connectivity index (χ2v) is 7.30. The molecule has 0 radical (unpaired) electrons.